The van der Waals surface area contributed by atoms with E-state index in [1.54, 1.807) is 0 Å². The van der Waals surface area contributed by atoms with Gasteiger partial charge in [0.2, 0.25) is 0 Å². The number of benzene rings is 1. The van der Waals surface area contributed by atoms with Gasteiger partial charge in [0, 0.05) is 24.3 Å². The summed E-state index contributed by atoms with van der Waals surface area (Å²) < 4.78 is 0. The van der Waals surface area contributed by atoms with Gasteiger partial charge in [0.05, 0.1) is 0 Å². The fourth-order valence-electron chi connectivity index (χ4n) is 4.07. The van der Waals surface area contributed by atoms with E-state index in [2.05, 4.69) is 21.4 Å². The summed E-state index contributed by atoms with van der Waals surface area (Å²) in [7, 11) is 0. The molecule has 5 heteroatoms. The van der Waals surface area contributed by atoms with Crippen LogP contribution in [0.3, 0.4) is 0 Å². The van der Waals surface area contributed by atoms with Gasteiger partial charge in [0.1, 0.15) is 17.3 Å². The number of hydrogen-bond acceptors (Lipinski definition) is 4. The lowest BCUT2D eigenvalue weighted by atomic mass is 10.1. The molecule has 1 saturated carbocycles. The number of carbonyl (C=O) groups excluding carboxylic acids is 1. The number of carbonyl (C=O) groups is 1. The number of aryl methyl sites for hydroxylation is 1. The molecule has 2 aromatic rings. The number of hydrogen-bond donors (Lipinski definition) is 1. The van der Waals surface area contributed by atoms with Crippen LogP contribution in [0.15, 0.2) is 30.3 Å². The summed E-state index contributed by atoms with van der Waals surface area (Å²) in [6.45, 7) is 2.57. The Hall–Kier alpha value is -2.43. The third kappa shape index (κ3) is 3.57. The van der Waals surface area contributed by atoms with Crippen LogP contribution >= 0.6 is 0 Å². The van der Waals surface area contributed by atoms with E-state index in [4.69, 9.17) is 0 Å². The van der Waals surface area contributed by atoms with E-state index in [1.807, 2.05) is 36.1 Å². The highest BCUT2D eigenvalue weighted by Crippen LogP contribution is 2.29. The van der Waals surface area contributed by atoms with Crippen molar-refractivity contribution in [1.82, 2.24) is 9.97 Å². The molecule has 5 nitrogen and oxygen atoms in total. The topological polar surface area (TPSA) is 58.1 Å². The van der Waals surface area contributed by atoms with Gasteiger partial charge in [-0.3, -0.25) is 4.79 Å². The summed E-state index contributed by atoms with van der Waals surface area (Å²) in [6.07, 6.45) is 8.41. The Morgan fingerprint density at radius 3 is 2.69 bits per heavy atom. The Bertz CT molecular complexity index is 796. The van der Waals surface area contributed by atoms with Gasteiger partial charge in [-0.25, -0.2) is 9.97 Å². The maximum absolute atomic E-state index is 13.1. The van der Waals surface area contributed by atoms with Crippen LogP contribution in [0.2, 0.25) is 0 Å². The SMILES string of the molecule is Cc1nc(NC2CCCCCC2)cc(C(=O)N2CCc3ccccc32)n1. The Labute approximate surface area is 154 Å². The van der Waals surface area contributed by atoms with E-state index in [1.165, 1.54) is 44.1 Å². The van der Waals surface area contributed by atoms with Crippen molar-refractivity contribution in [3.05, 3.63) is 47.4 Å². The lowest BCUT2D eigenvalue weighted by Gasteiger charge is -2.19. The molecule has 4 rings (SSSR count). The number of amides is 1. The smallest absolute Gasteiger partial charge is 0.277 e. The molecule has 0 bridgehead atoms. The van der Waals surface area contributed by atoms with Gasteiger partial charge < -0.3 is 10.2 Å². The van der Waals surface area contributed by atoms with Crippen molar-refractivity contribution in [2.45, 2.75) is 57.9 Å². The third-order valence-electron chi connectivity index (χ3n) is 5.40. The van der Waals surface area contributed by atoms with E-state index in [0.717, 1.165) is 17.9 Å². The van der Waals surface area contributed by atoms with Crippen LogP contribution < -0.4 is 10.2 Å². The summed E-state index contributed by atoms with van der Waals surface area (Å²) in [4.78, 5) is 23.8. The van der Waals surface area contributed by atoms with Gasteiger partial charge in [-0.2, -0.15) is 0 Å². The molecule has 2 aliphatic rings. The maximum atomic E-state index is 13.1. The highest BCUT2D eigenvalue weighted by atomic mass is 16.2. The molecule has 1 amide bonds. The quantitative estimate of drug-likeness (QED) is 0.846. The van der Waals surface area contributed by atoms with E-state index in [-0.39, 0.29) is 5.91 Å². The second-order valence-electron chi connectivity index (χ2n) is 7.35. The number of anilines is 2. The van der Waals surface area contributed by atoms with Crippen molar-refractivity contribution in [2.75, 3.05) is 16.8 Å². The van der Waals surface area contributed by atoms with E-state index in [9.17, 15) is 4.79 Å². The molecule has 0 saturated heterocycles. The van der Waals surface area contributed by atoms with Gasteiger partial charge in [-0.1, -0.05) is 43.9 Å². The zero-order chi connectivity index (χ0) is 17.9. The molecule has 0 atom stereocenters. The average Bonchev–Trinajstić information content (AvgIpc) is 2.90. The summed E-state index contributed by atoms with van der Waals surface area (Å²) in [5.41, 5.74) is 2.71. The van der Waals surface area contributed by atoms with Crippen molar-refractivity contribution in [3.63, 3.8) is 0 Å². The molecule has 1 aromatic heterocycles. The largest absolute Gasteiger partial charge is 0.367 e. The highest BCUT2D eigenvalue weighted by molar-refractivity contribution is 6.06. The van der Waals surface area contributed by atoms with Gasteiger partial charge in [-0.05, 0) is 37.8 Å². The van der Waals surface area contributed by atoms with Crippen molar-refractivity contribution in [2.24, 2.45) is 0 Å². The minimum Gasteiger partial charge on any atom is -0.367 e. The van der Waals surface area contributed by atoms with Crippen LogP contribution in [0, 0.1) is 6.92 Å². The lowest BCUT2D eigenvalue weighted by molar-refractivity contribution is 0.0984. The molecule has 0 spiro atoms. The average molecular weight is 350 g/mol. The van der Waals surface area contributed by atoms with E-state index < -0.39 is 0 Å². The monoisotopic (exact) mass is 350 g/mol. The second kappa shape index (κ2) is 7.44. The number of fused-ring (bicyclic) bond motifs is 1. The van der Waals surface area contributed by atoms with Crippen LogP contribution in [0.25, 0.3) is 0 Å². The minimum absolute atomic E-state index is 0.0376. The summed E-state index contributed by atoms with van der Waals surface area (Å²) >= 11 is 0. The van der Waals surface area contributed by atoms with E-state index in [0.29, 0.717) is 24.1 Å². The number of aromatic nitrogens is 2. The molecule has 1 N–H and O–H groups in total. The van der Waals surface area contributed by atoms with Crippen molar-refractivity contribution in [3.8, 4) is 0 Å². The zero-order valence-electron chi connectivity index (χ0n) is 15.4. The summed E-state index contributed by atoms with van der Waals surface area (Å²) in [6, 6.07) is 10.4. The van der Waals surface area contributed by atoms with Gasteiger partial charge in [0.15, 0.2) is 0 Å². The number of nitrogens with one attached hydrogen (secondary N) is 1. The van der Waals surface area contributed by atoms with Gasteiger partial charge >= 0.3 is 0 Å². The Balaban J connectivity index is 1.55. The van der Waals surface area contributed by atoms with Crippen LogP contribution in [0.5, 0.6) is 0 Å². The first kappa shape index (κ1) is 17.0. The van der Waals surface area contributed by atoms with Crippen molar-refractivity contribution in [1.29, 1.82) is 0 Å². The summed E-state index contributed by atoms with van der Waals surface area (Å²) in [5, 5.41) is 3.54. The van der Waals surface area contributed by atoms with Crippen LogP contribution in [-0.4, -0.2) is 28.5 Å². The van der Waals surface area contributed by atoms with Crippen molar-refractivity contribution >= 4 is 17.4 Å². The molecule has 0 radical (unpaired) electrons. The number of para-hydroxylation sites is 1. The first-order chi connectivity index (χ1) is 12.7. The third-order valence-corrected chi connectivity index (χ3v) is 5.40. The second-order valence-corrected chi connectivity index (χ2v) is 7.35. The molecule has 2 heterocycles. The Kier molecular flexibility index (Phi) is 4.87. The van der Waals surface area contributed by atoms with Gasteiger partial charge in [-0.15, -0.1) is 0 Å². The molecular weight excluding hydrogens is 324 g/mol. The lowest BCUT2D eigenvalue weighted by Crippen LogP contribution is -2.30. The fourth-order valence-corrected chi connectivity index (χ4v) is 4.07. The van der Waals surface area contributed by atoms with Crippen LogP contribution in [0.4, 0.5) is 11.5 Å². The normalized spacial score (nSPS) is 17.7. The molecule has 136 valence electrons. The predicted molar refractivity (Wildman–Crippen MR) is 104 cm³/mol. The molecule has 26 heavy (non-hydrogen) atoms. The zero-order valence-corrected chi connectivity index (χ0v) is 15.4. The van der Waals surface area contributed by atoms with Crippen LogP contribution in [0.1, 0.15) is 60.4 Å². The Morgan fingerprint density at radius 2 is 1.88 bits per heavy atom. The molecule has 1 aliphatic carbocycles. The number of rotatable bonds is 3. The minimum atomic E-state index is -0.0376. The standard InChI is InChI=1S/C21H26N4O/c1-15-22-18(14-20(23-15)24-17-9-4-2-3-5-10-17)21(26)25-13-12-16-8-6-7-11-19(16)25/h6-8,11,14,17H,2-5,9-10,12-13H2,1H3,(H,22,23,24). The first-order valence-corrected chi connectivity index (χ1v) is 9.73. The maximum Gasteiger partial charge on any atom is 0.277 e. The van der Waals surface area contributed by atoms with Gasteiger partial charge in [0.25, 0.3) is 5.91 Å². The molecular formula is C21H26N4O. The number of nitrogens with zero attached hydrogens (tertiary/aromatic N) is 3. The molecule has 1 fully saturated rings. The molecule has 1 aromatic carbocycles. The molecule has 0 unspecified atom stereocenters. The highest BCUT2D eigenvalue weighted by Gasteiger charge is 2.26. The van der Waals surface area contributed by atoms with Crippen LogP contribution in [-0.2, 0) is 6.42 Å². The first-order valence-electron chi connectivity index (χ1n) is 9.73. The Morgan fingerprint density at radius 1 is 1.12 bits per heavy atom. The van der Waals surface area contributed by atoms with E-state index >= 15 is 0 Å². The fraction of sp³-hybridized carbons (Fsp3) is 0.476. The molecule has 1 aliphatic heterocycles. The predicted octanol–water partition coefficient (Wildman–Crippen LogP) is 4.12. The van der Waals surface area contributed by atoms with Crippen molar-refractivity contribution < 1.29 is 4.79 Å². The summed E-state index contributed by atoms with van der Waals surface area (Å²) in [5.74, 6) is 1.38.